The molecule has 36 heavy (non-hydrogen) atoms. The molecule has 9 nitrogen and oxygen atoms in total. The highest BCUT2D eigenvalue weighted by molar-refractivity contribution is 6.33. The van der Waals surface area contributed by atoms with Crippen LogP contribution in [0.25, 0.3) is 11.2 Å². The lowest BCUT2D eigenvalue weighted by molar-refractivity contribution is -0.122. The third-order valence-electron chi connectivity index (χ3n) is 7.12. The maximum absolute atomic E-state index is 14.6. The predicted molar refractivity (Wildman–Crippen MR) is 132 cm³/mol. The average Bonchev–Trinajstić information content (AvgIpc) is 3.18. The van der Waals surface area contributed by atoms with E-state index < -0.39 is 11.6 Å². The van der Waals surface area contributed by atoms with Crippen molar-refractivity contribution in [1.82, 2.24) is 19.5 Å². The molecule has 1 amide bonds. The van der Waals surface area contributed by atoms with Crippen LogP contribution < -0.4 is 16.4 Å². The van der Waals surface area contributed by atoms with Gasteiger partial charge in [-0.15, -0.1) is 0 Å². The van der Waals surface area contributed by atoms with Gasteiger partial charge in [0, 0.05) is 24.1 Å². The van der Waals surface area contributed by atoms with Crippen LogP contribution in [-0.2, 0) is 4.79 Å². The van der Waals surface area contributed by atoms with Crippen LogP contribution >= 0.6 is 11.6 Å². The first kappa shape index (κ1) is 24.6. The summed E-state index contributed by atoms with van der Waals surface area (Å²) < 4.78 is 30.1. The fourth-order valence-corrected chi connectivity index (χ4v) is 5.51. The number of aromatic nitrogens is 4. The molecule has 5 N–H and O–H groups in total. The van der Waals surface area contributed by atoms with E-state index in [0.29, 0.717) is 55.2 Å². The lowest BCUT2D eigenvalue weighted by Crippen LogP contribution is -2.30. The Morgan fingerprint density at radius 1 is 1.14 bits per heavy atom. The van der Waals surface area contributed by atoms with Crippen LogP contribution in [0, 0.1) is 17.6 Å². The molecule has 2 saturated carbocycles. The number of carbonyl (C=O) groups is 1. The van der Waals surface area contributed by atoms with Crippen LogP contribution in [-0.4, -0.2) is 42.7 Å². The number of halogens is 3. The topological polar surface area (TPSA) is 131 Å². The second-order valence-corrected chi connectivity index (χ2v) is 10.1. The number of hydrogen-bond acceptors (Lipinski definition) is 7. The standard InChI is InChI=1S/C24H28ClF2N7O2/c25-17-8-13(26)9-18(27)20(17)32-24-31-19-11-29-23(30-14-2-1-3-16(35)10-14)33-22(19)34(24)15-6-4-12(5-7-15)21(28)36/h8-9,11-12,14-16,35H,1-7,10H2,(H2,28,36)(H,31,32)(H,29,30,33). The quantitative estimate of drug-likeness (QED) is 0.379. The fraction of sp³-hybridized carbons (Fsp3) is 0.500. The second-order valence-electron chi connectivity index (χ2n) is 9.65. The molecule has 2 heterocycles. The number of primary amides is 1. The monoisotopic (exact) mass is 519 g/mol. The van der Waals surface area contributed by atoms with Gasteiger partial charge in [0.25, 0.3) is 0 Å². The van der Waals surface area contributed by atoms with Gasteiger partial charge in [0.1, 0.15) is 11.3 Å². The Labute approximate surface area is 211 Å². The van der Waals surface area contributed by atoms with Gasteiger partial charge in [-0.25, -0.2) is 18.7 Å². The number of imidazole rings is 1. The summed E-state index contributed by atoms with van der Waals surface area (Å²) in [5.41, 5.74) is 6.44. The first-order valence-corrected chi connectivity index (χ1v) is 12.6. The van der Waals surface area contributed by atoms with Crippen molar-refractivity contribution >= 4 is 46.3 Å². The average molecular weight is 520 g/mol. The van der Waals surface area contributed by atoms with Crippen LogP contribution in [0.1, 0.15) is 57.4 Å². The molecule has 0 radical (unpaired) electrons. The van der Waals surface area contributed by atoms with Crippen molar-refractivity contribution in [3.63, 3.8) is 0 Å². The first-order valence-electron chi connectivity index (χ1n) is 12.2. The fourth-order valence-electron chi connectivity index (χ4n) is 5.26. The Bertz CT molecular complexity index is 1260. The summed E-state index contributed by atoms with van der Waals surface area (Å²) in [5, 5.41) is 16.1. The van der Waals surface area contributed by atoms with Gasteiger partial charge in [0.15, 0.2) is 11.5 Å². The summed E-state index contributed by atoms with van der Waals surface area (Å²) in [7, 11) is 0. The Balaban J connectivity index is 1.51. The summed E-state index contributed by atoms with van der Waals surface area (Å²) in [6.07, 6.45) is 6.99. The number of carbonyl (C=O) groups excluding carboxylic acids is 1. The maximum Gasteiger partial charge on any atom is 0.224 e. The van der Waals surface area contributed by atoms with Crippen molar-refractivity contribution in [2.24, 2.45) is 11.7 Å². The molecule has 0 aliphatic heterocycles. The second kappa shape index (κ2) is 10.1. The molecule has 0 spiro atoms. The van der Waals surface area contributed by atoms with E-state index in [4.69, 9.17) is 22.3 Å². The molecule has 3 aromatic rings. The molecule has 2 aromatic heterocycles. The lowest BCUT2D eigenvalue weighted by Gasteiger charge is -2.29. The Hall–Kier alpha value is -3.05. The van der Waals surface area contributed by atoms with Crippen LogP contribution in [0.2, 0.25) is 5.02 Å². The zero-order valence-corrected chi connectivity index (χ0v) is 20.3. The molecule has 0 saturated heterocycles. The zero-order chi connectivity index (χ0) is 25.4. The smallest absolute Gasteiger partial charge is 0.224 e. The van der Waals surface area contributed by atoms with E-state index >= 15 is 0 Å². The molecule has 1 aromatic carbocycles. The van der Waals surface area contributed by atoms with Gasteiger partial charge in [0.05, 0.1) is 23.0 Å². The number of nitrogens with two attached hydrogens (primary N) is 1. The van der Waals surface area contributed by atoms with Gasteiger partial charge in [-0.05, 0) is 57.4 Å². The summed E-state index contributed by atoms with van der Waals surface area (Å²) in [6.45, 7) is 0. The van der Waals surface area contributed by atoms with E-state index in [1.54, 1.807) is 6.20 Å². The number of hydrogen-bond donors (Lipinski definition) is 4. The molecule has 2 atom stereocenters. The van der Waals surface area contributed by atoms with Crippen molar-refractivity contribution in [1.29, 1.82) is 0 Å². The number of fused-ring (bicyclic) bond motifs is 1. The predicted octanol–water partition coefficient (Wildman–Crippen LogP) is 4.43. The van der Waals surface area contributed by atoms with Crippen LogP contribution in [0.15, 0.2) is 18.3 Å². The molecular weight excluding hydrogens is 492 g/mol. The molecule has 2 unspecified atom stereocenters. The van der Waals surface area contributed by atoms with E-state index in [1.165, 1.54) is 0 Å². The minimum Gasteiger partial charge on any atom is -0.393 e. The highest BCUT2D eigenvalue weighted by atomic mass is 35.5. The van der Waals surface area contributed by atoms with Crippen molar-refractivity contribution in [3.05, 3.63) is 35.0 Å². The lowest BCUT2D eigenvalue weighted by atomic mass is 9.85. The van der Waals surface area contributed by atoms with E-state index in [-0.39, 0.29) is 40.7 Å². The molecule has 0 bridgehead atoms. The summed E-state index contributed by atoms with van der Waals surface area (Å²) in [4.78, 5) is 25.4. The van der Waals surface area contributed by atoms with Crippen molar-refractivity contribution in [2.45, 2.75) is 69.6 Å². The molecule has 2 aliphatic carbocycles. The molecule has 2 fully saturated rings. The summed E-state index contributed by atoms with van der Waals surface area (Å²) in [6, 6.07) is 1.74. The van der Waals surface area contributed by atoms with Gasteiger partial charge >= 0.3 is 0 Å². The SMILES string of the molecule is NC(=O)C1CCC(n2c(Nc3c(F)cc(F)cc3Cl)nc3cnc(NC4CCCC(O)C4)nc32)CC1. The number of aliphatic hydroxyl groups excluding tert-OH is 1. The number of benzene rings is 1. The van der Waals surface area contributed by atoms with Gasteiger partial charge < -0.3 is 21.5 Å². The van der Waals surface area contributed by atoms with E-state index in [1.807, 2.05) is 4.57 Å². The molecule has 192 valence electrons. The van der Waals surface area contributed by atoms with Crippen molar-refractivity contribution < 1.29 is 18.7 Å². The van der Waals surface area contributed by atoms with E-state index in [9.17, 15) is 18.7 Å². The van der Waals surface area contributed by atoms with Crippen LogP contribution in [0.3, 0.4) is 0 Å². The Morgan fingerprint density at radius 2 is 1.92 bits per heavy atom. The normalized spacial score (nSPS) is 24.6. The number of nitrogens with one attached hydrogen (secondary N) is 2. The third kappa shape index (κ3) is 5.08. The van der Waals surface area contributed by atoms with E-state index in [2.05, 4.69) is 20.6 Å². The van der Waals surface area contributed by atoms with Crippen molar-refractivity contribution in [2.75, 3.05) is 10.6 Å². The minimum atomic E-state index is -0.847. The minimum absolute atomic E-state index is 0.0540. The van der Waals surface area contributed by atoms with Gasteiger partial charge in [0.2, 0.25) is 17.8 Å². The van der Waals surface area contributed by atoms with Gasteiger partial charge in [-0.3, -0.25) is 9.36 Å². The molecule has 2 aliphatic rings. The molecular formula is C24H28ClF2N7O2. The largest absolute Gasteiger partial charge is 0.393 e. The summed E-state index contributed by atoms with van der Waals surface area (Å²) in [5.74, 6) is -1.44. The number of aliphatic hydroxyl groups is 1. The number of anilines is 3. The Morgan fingerprint density at radius 3 is 2.61 bits per heavy atom. The van der Waals surface area contributed by atoms with Crippen LogP contribution in [0.5, 0.6) is 0 Å². The van der Waals surface area contributed by atoms with Crippen molar-refractivity contribution in [3.8, 4) is 0 Å². The number of nitrogens with zero attached hydrogens (tertiary/aromatic N) is 4. The molecule has 12 heteroatoms. The third-order valence-corrected chi connectivity index (χ3v) is 7.42. The summed E-state index contributed by atoms with van der Waals surface area (Å²) >= 11 is 6.13. The first-order chi connectivity index (χ1) is 17.3. The van der Waals surface area contributed by atoms with Gasteiger partial charge in [-0.2, -0.15) is 4.98 Å². The Kier molecular flexibility index (Phi) is 6.94. The highest BCUT2D eigenvalue weighted by Gasteiger charge is 2.30. The van der Waals surface area contributed by atoms with Crippen LogP contribution in [0.4, 0.5) is 26.4 Å². The van der Waals surface area contributed by atoms with Gasteiger partial charge in [-0.1, -0.05) is 11.6 Å². The highest BCUT2D eigenvalue weighted by Crippen LogP contribution is 2.38. The number of amides is 1. The number of rotatable bonds is 6. The zero-order valence-electron chi connectivity index (χ0n) is 19.6. The molecule has 5 rings (SSSR count). The maximum atomic E-state index is 14.6. The van der Waals surface area contributed by atoms with E-state index in [0.717, 1.165) is 31.4 Å².